The molecule has 6 heteroatoms. The lowest BCUT2D eigenvalue weighted by Gasteiger charge is -2.29. The second-order valence-electron chi connectivity index (χ2n) is 7.16. The van der Waals surface area contributed by atoms with Crippen molar-refractivity contribution in [2.45, 2.75) is 24.9 Å². The minimum absolute atomic E-state index is 0.234. The molecule has 0 unspecified atom stereocenters. The van der Waals surface area contributed by atoms with E-state index >= 15 is 0 Å². The van der Waals surface area contributed by atoms with E-state index in [0.29, 0.717) is 0 Å². The van der Waals surface area contributed by atoms with Crippen molar-refractivity contribution >= 4 is 21.6 Å². The van der Waals surface area contributed by atoms with Gasteiger partial charge in [0.1, 0.15) is 5.21 Å². The summed E-state index contributed by atoms with van der Waals surface area (Å²) < 4.78 is 27.5. The predicted molar refractivity (Wildman–Crippen MR) is 124 cm³/mol. The lowest BCUT2D eigenvalue weighted by atomic mass is 9.94. The summed E-state index contributed by atoms with van der Waals surface area (Å²) in [5.41, 5.74) is 3.19. The van der Waals surface area contributed by atoms with Gasteiger partial charge in [0.05, 0.1) is 12.1 Å². The first-order chi connectivity index (χ1) is 14.6. The van der Waals surface area contributed by atoms with Crippen LogP contribution in [0.3, 0.4) is 0 Å². The summed E-state index contributed by atoms with van der Waals surface area (Å²) in [6, 6.07) is 29.2. The minimum Gasteiger partial charge on any atom is -0.308 e. The molecule has 0 amide bonds. The van der Waals surface area contributed by atoms with E-state index < -0.39 is 21.3 Å². The fourth-order valence-corrected chi connectivity index (χ4v) is 4.41. The number of alkyl halides is 1. The maximum Gasteiger partial charge on any atom is 0.226 e. The number of hydrogen-bond acceptors (Lipinski definition) is 3. The molecule has 3 aromatic rings. The highest BCUT2D eigenvalue weighted by Gasteiger charge is 2.28. The molecular formula is C24H27ClN2O2S. The van der Waals surface area contributed by atoms with Gasteiger partial charge in [-0.05, 0) is 36.1 Å². The van der Waals surface area contributed by atoms with Gasteiger partial charge in [-0.1, -0.05) is 91.0 Å². The fourth-order valence-electron chi connectivity index (χ4n) is 3.50. The molecule has 3 rings (SSSR count). The first-order valence-corrected chi connectivity index (χ1v) is 12.2. The fraction of sp³-hybridized carbons (Fsp3) is 0.250. The van der Waals surface area contributed by atoms with Crippen LogP contribution < -0.4 is 10.0 Å². The van der Waals surface area contributed by atoms with Gasteiger partial charge >= 0.3 is 0 Å². The average Bonchev–Trinajstić information content (AvgIpc) is 2.80. The smallest absolute Gasteiger partial charge is 0.226 e. The van der Waals surface area contributed by atoms with Crippen molar-refractivity contribution in [3.05, 3.63) is 108 Å². The van der Waals surface area contributed by atoms with Crippen LogP contribution in [0, 0.1) is 0 Å². The monoisotopic (exact) mass is 442 g/mol. The molecule has 0 spiro atoms. The molecule has 0 aliphatic rings. The van der Waals surface area contributed by atoms with Gasteiger partial charge in [0.15, 0.2) is 0 Å². The topological polar surface area (TPSA) is 58.2 Å². The van der Waals surface area contributed by atoms with Crippen molar-refractivity contribution in [1.29, 1.82) is 0 Å². The number of hydrogen-bond donors (Lipinski definition) is 2. The van der Waals surface area contributed by atoms with E-state index in [0.717, 1.165) is 30.5 Å². The standard InChI is InChI=1S/C24H27ClN2O2S/c25-19-30(28,29)27-24(22-16-8-3-9-17-22)23(21-14-6-2-7-15-21)26-18-10-13-20-11-4-1-5-12-20/h1-9,11-12,14-17,23-24,26-27H,10,13,18-19H2/t23-,24-/m1/s1. The van der Waals surface area contributed by atoms with Crippen LogP contribution in [-0.4, -0.2) is 20.2 Å². The van der Waals surface area contributed by atoms with Crippen LogP contribution in [0.25, 0.3) is 0 Å². The Labute approximate surface area is 184 Å². The second-order valence-corrected chi connectivity index (χ2v) is 9.50. The van der Waals surface area contributed by atoms with E-state index in [1.54, 1.807) is 0 Å². The van der Waals surface area contributed by atoms with Crippen molar-refractivity contribution in [1.82, 2.24) is 10.0 Å². The lowest BCUT2D eigenvalue weighted by Crippen LogP contribution is -2.39. The van der Waals surface area contributed by atoms with E-state index in [-0.39, 0.29) is 6.04 Å². The number of nitrogens with one attached hydrogen (secondary N) is 2. The second kappa shape index (κ2) is 11.3. The number of halogens is 1. The van der Waals surface area contributed by atoms with Gasteiger partial charge in [-0.25, -0.2) is 13.1 Å². The molecule has 0 aromatic heterocycles. The summed E-state index contributed by atoms with van der Waals surface area (Å²) in [5, 5.41) is 3.10. The molecule has 0 radical (unpaired) electrons. The third-order valence-electron chi connectivity index (χ3n) is 4.95. The van der Waals surface area contributed by atoms with Crippen LogP contribution in [0.5, 0.6) is 0 Å². The molecule has 2 N–H and O–H groups in total. The third kappa shape index (κ3) is 6.67. The Hall–Kier alpha value is -2.18. The Balaban J connectivity index is 1.82. The largest absolute Gasteiger partial charge is 0.308 e. The molecule has 2 atom stereocenters. The number of aryl methyl sites for hydroxylation is 1. The summed E-state index contributed by atoms with van der Waals surface area (Å²) in [6.07, 6.45) is 1.90. The van der Waals surface area contributed by atoms with E-state index in [1.165, 1.54) is 5.56 Å². The predicted octanol–water partition coefficient (Wildman–Crippen LogP) is 4.81. The van der Waals surface area contributed by atoms with Crippen LogP contribution in [0.1, 0.15) is 35.2 Å². The van der Waals surface area contributed by atoms with Crippen LogP contribution in [0.15, 0.2) is 91.0 Å². The molecule has 0 fully saturated rings. The Morgan fingerprint density at radius 2 is 1.23 bits per heavy atom. The summed E-state index contributed by atoms with van der Waals surface area (Å²) >= 11 is 5.70. The molecule has 0 heterocycles. The molecule has 0 aliphatic carbocycles. The van der Waals surface area contributed by atoms with Crippen LogP contribution in [-0.2, 0) is 16.4 Å². The van der Waals surface area contributed by atoms with E-state index in [2.05, 4.69) is 22.2 Å². The van der Waals surface area contributed by atoms with E-state index in [1.807, 2.05) is 78.9 Å². The van der Waals surface area contributed by atoms with Gasteiger partial charge in [0.25, 0.3) is 0 Å². The highest BCUT2D eigenvalue weighted by molar-refractivity contribution is 7.90. The number of benzene rings is 3. The van der Waals surface area contributed by atoms with Crippen molar-refractivity contribution in [2.75, 3.05) is 11.8 Å². The maximum atomic E-state index is 12.4. The third-order valence-corrected chi connectivity index (χ3v) is 6.71. The summed E-state index contributed by atoms with van der Waals surface area (Å²) in [5.74, 6) is 0. The molecule has 158 valence electrons. The van der Waals surface area contributed by atoms with Gasteiger partial charge in [-0.2, -0.15) is 0 Å². The van der Waals surface area contributed by atoms with Crippen molar-refractivity contribution in [2.24, 2.45) is 0 Å². The highest BCUT2D eigenvalue weighted by Crippen LogP contribution is 2.30. The zero-order valence-corrected chi connectivity index (χ0v) is 18.3. The lowest BCUT2D eigenvalue weighted by molar-refractivity contribution is 0.421. The van der Waals surface area contributed by atoms with Crippen molar-refractivity contribution in [3.8, 4) is 0 Å². The first-order valence-electron chi connectivity index (χ1n) is 10.0. The first kappa shape index (κ1) is 22.5. The van der Waals surface area contributed by atoms with Crippen molar-refractivity contribution < 1.29 is 8.42 Å². The molecule has 30 heavy (non-hydrogen) atoms. The molecule has 0 saturated heterocycles. The molecule has 0 saturated carbocycles. The van der Waals surface area contributed by atoms with Crippen molar-refractivity contribution in [3.63, 3.8) is 0 Å². The van der Waals surface area contributed by atoms with Crippen LogP contribution >= 0.6 is 11.6 Å². The maximum absolute atomic E-state index is 12.4. The van der Waals surface area contributed by atoms with E-state index in [9.17, 15) is 8.42 Å². The molecule has 3 aromatic carbocycles. The average molecular weight is 443 g/mol. The quantitative estimate of drug-likeness (QED) is 0.331. The number of sulfonamides is 1. The van der Waals surface area contributed by atoms with Gasteiger partial charge in [-0.15, -0.1) is 11.6 Å². The number of rotatable bonds is 11. The molecule has 4 nitrogen and oxygen atoms in total. The van der Waals surface area contributed by atoms with Gasteiger partial charge in [0, 0.05) is 0 Å². The zero-order valence-electron chi connectivity index (χ0n) is 16.7. The molecular weight excluding hydrogens is 416 g/mol. The van der Waals surface area contributed by atoms with Gasteiger partial charge < -0.3 is 5.32 Å². The molecule has 0 bridgehead atoms. The Kier molecular flexibility index (Phi) is 8.46. The normalized spacial score (nSPS) is 13.6. The summed E-state index contributed by atoms with van der Waals surface area (Å²) in [7, 11) is -3.62. The van der Waals surface area contributed by atoms with Gasteiger partial charge in [0.2, 0.25) is 10.0 Å². The van der Waals surface area contributed by atoms with Crippen LogP contribution in [0.2, 0.25) is 0 Å². The van der Waals surface area contributed by atoms with Crippen LogP contribution in [0.4, 0.5) is 0 Å². The zero-order chi connectivity index (χ0) is 21.2. The SMILES string of the molecule is O=S(=O)(CCl)N[C@H](c1ccccc1)[C@H](NCCCc1ccccc1)c1ccccc1. The van der Waals surface area contributed by atoms with E-state index in [4.69, 9.17) is 11.6 Å². The Morgan fingerprint density at radius 3 is 1.77 bits per heavy atom. The highest BCUT2D eigenvalue weighted by atomic mass is 35.5. The summed E-state index contributed by atoms with van der Waals surface area (Å²) in [4.78, 5) is 0. The minimum atomic E-state index is -3.62. The van der Waals surface area contributed by atoms with Gasteiger partial charge in [-0.3, -0.25) is 0 Å². The molecule has 0 aliphatic heterocycles. The Morgan fingerprint density at radius 1 is 0.733 bits per heavy atom. The summed E-state index contributed by atoms with van der Waals surface area (Å²) in [6.45, 7) is 0.750. The Bertz CT molecular complexity index is 983.